The first kappa shape index (κ1) is 44.3. The molecule has 3 aliphatic carbocycles. The van der Waals surface area contributed by atoms with Crippen molar-refractivity contribution in [3.05, 3.63) is 71.2 Å². The first-order chi connectivity index (χ1) is 21.3. The molecule has 257 valence electrons. The molecular weight excluding hydrogens is 661 g/mol. The Hall–Kier alpha value is -1.74. The van der Waals surface area contributed by atoms with E-state index in [4.69, 9.17) is 14.6 Å². The zero-order valence-corrected chi connectivity index (χ0v) is 30.8. The number of carboxylic acids is 1. The van der Waals surface area contributed by atoms with Gasteiger partial charge in [-0.1, -0.05) is 66.6 Å². The molecule has 2 N–H and O–H groups in total. The second-order valence-corrected chi connectivity index (χ2v) is 13.6. The number of carboxylic acid groups (broad SMARTS) is 1. The van der Waals surface area contributed by atoms with Crippen molar-refractivity contribution in [2.45, 2.75) is 116 Å². The van der Waals surface area contributed by atoms with E-state index in [1.54, 1.807) is 18.8 Å². The van der Waals surface area contributed by atoms with E-state index in [9.17, 15) is 0 Å². The van der Waals surface area contributed by atoms with Crippen LogP contribution in [0.3, 0.4) is 0 Å². The zero-order chi connectivity index (χ0) is 31.8. The molecule has 0 bridgehead atoms. The van der Waals surface area contributed by atoms with Crippen molar-refractivity contribution in [3.63, 3.8) is 0 Å². The summed E-state index contributed by atoms with van der Waals surface area (Å²) in [5.74, 6) is 2.33. The van der Waals surface area contributed by atoms with Crippen LogP contribution in [0.5, 0.6) is 0 Å². The van der Waals surface area contributed by atoms with Gasteiger partial charge in [0.1, 0.15) is 0 Å². The predicted octanol–water partition coefficient (Wildman–Crippen LogP) is 9.49. The van der Waals surface area contributed by atoms with Gasteiger partial charge in [0, 0.05) is 51.2 Å². The molecule has 3 saturated carbocycles. The van der Waals surface area contributed by atoms with E-state index >= 15 is 0 Å². The fourth-order valence-corrected chi connectivity index (χ4v) is 5.60. The third-order valence-electron chi connectivity index (χ3n) is 8.71. The lowest BCUT2D eigenvalue weighted by Gasteiger charge is -2.31. The van der Waals surface area contributed by atoms with E-state index in [-0.39, 0.29) is 20.8 Å². The van der Waals surface area contributed by atoms with Gasteiger partial charge in [-0.05, 0) is 125 Å². The van der Waals surface area contributed by atoms with E-state index < -0.39 is 5.97 Å². The normalized spacial score (nSPS) is 19.8. The minimum Gasteiger partial charge on any atom is -0.481 e. The zero-order valence-electron chi connectivity index (χ0n) is 28.4. The Kier molecular flexibility index (Phi) is 27.2. The van der Waals surface area contributed by atoms with Gasteiger partial charge in [-0.3, -0.25) is 14.8 Å². The van der Waals surface area contributed by atoms with Crippen LogP contribution >= 0.6 is 28.3 Å². The van der Waals surface area contributed by atoms with Crippen molar-refractivity contribution >= 4 is 42.7 Å². The maximum atomic E-state index is 9.00. The molecule has 5 aliphatic rings. The third-order valence-corrected chi connectivity index (χ3v) is 9.23. The van der Waals surface area contributed by atoms with Crippen LogP contribution in [0.15, 0.2) is 65.7 Å². The number of carbonyl (C=O) groups is 1. The van der Waals surface area contributed by atoms with E-state index in [1.165, 1.54) is 114 Å². The van der Waals surface area contributed by atoms with Crippen molar-refractivity contribution in [2.75, 3.05) is 19.7 Å². The number of nitrogens with one attached hydrogen (secondary N) is 1. The van der Waals surface area contributed by atoms with Gasteiger partial charge < -0.3 is 15.2 Å². The lowest BCUT2D eigenvalue weighted by molar-refractivity contribution is -0.134. The van der Waals surface area contributed by atoms with Crippen molar-refractivity contribution < 1.29 is 14.6 Å². The maximum Gasteiger partial charge on any atom is 0.300 e. The number of halogens is 2. The average Bonchev–Trinajstić information content (AvgIpc) is 3.45. The first-order valence-corrected chi connectivity index (χ1v) is 17.7. The summed E-state index contributed by atoms with van der Waals surface area (Å²) in [6.07, 6.45) is 28.9. The van der Waals surface area contributed by atoms with Gasteiger partial charge in [0.05, 0.1) is 6.10 Å². The molecular formula is C37H59BBrClN3O3. The largest absolute Gasteiger partial charge is 0.481 e. The van der Waals surface area contributed by atoms with Gasteiger partial charge in [0.25, 0.3) is 5.97 Å². The summed E-state index contributed by atoms with van der Waals surface area (Å²) in [6.45, 7) is 10.5. The summed E-state index contributed by atoms with van der Waals surface area (Å²) in [6, 6.07) is 8.02. The second kappa shape index (κ2) is 28.3. The molecule has 2 saturated heterocycles. The van der Waals surface area contributed by atoms with Gasteiger partial charge in [0.2, 0.25) is 0 Å². The lowest BCUT2D eigenvalue weighted by atomic mass is 9.77. The number of nitrogens with zero attached hydrogens (tertiary/aromatic N) is 2. The summed E-state index contributed by atoms with van der Waals surface area (Å²) >= 11 is 3.27. The van der Waals surface area contributed by atoms with Gasteiger partial charge >= 0.3 is 0 Å². The number of ether oxygens (including phenoxy) is 1. The standard InChI is InChI=1S/C10H19N.C10H13N.C5H4BrN.C5H10O.C5H8.C2H4O2.B.ClH/c2*1-2-9(3-1)8-10-4-6-11-7-5-10;6-5-1-3-7-4-2-5;1-5-3-2-4-6-5;1-5-3-2-4-5;1-2(3)4;;/h9-11H,1-8H2;4-7,9H,1-3,8H2;1-4H;5H,2-4H2,1H3;1-4H2;1H3,(H,3,4);;1H. The minimum absolute atomic E-state index is 0. The highest BCUT2D eigenvalue weighted by Crippen LogP contribution is 2.34. The van der Waals surface area contributed by atoms with Crippen LogP contribution in [0.2, 0.25) is 0 Å². The smallest absolute Gasteiger partial charge is 0.300 e. The number of allylic oxidation sites excluding steroid dienone is 1. The molecule has 46 heavy (non-hydrogen) atoms. The number of hydrogen-bond acceptors (Lipinski definition) is 5. The summed E-state index contributed by atoms with van der Waals surface area (Å²) < 4.78 is 6.22. The summed E-state index contributed by atoms with van der Waals surface area (Å²) in [4.78, 5) is 16.8. The summed E-state index contributed by atoms with van der Waals surface area (Å²) in [5.41, 5.74) is 2.88. The van der Waals surface area contributed by atoms with E-state index in [2.05, 4.69) is 56.9 Å². The molecule has 3 radical (unpaired) electrons. The second-order valence-electron chi connectivity index (χ2n) is 12.7. The molecule has 0 aromatic carbocycles. The van der Waals surface area contributed by atoms with Crippen molar-refractivity contribution in [1.82, 2.24) is 15.3 Å². The Balaban J connectivity index is 0.000000544. The predicted molar refractivity (Wildman–Crippen MR) is 199 cm³/mol. The van der Waals surface area contributed by atoms with Crippen LogP contribution in [0, 0.1) is 17.8 Å². The molecule has 9 heteroatoms. The highest BCUT2D eigenvalue weighted by Gasteiger charge is 2.22. The number of hydrogen-bond donors (Lipinski definition) is 2. The fourth-order valence-electron chi connectivity index (χ4n) is 5.37. The Labute approximate surface area is 296 Å². The van der Waals surface area contributed by atoms with E-state index in [1.807, 2.05) is 24.5 Å². The van der Waals surface area contributed by atoms with Crippen LogP contribution in [-0.4, -0.2) is 55.3 Å². The Morgan fingerprint density at radius 3 is 1.65 bits per heavy atom. The SMILES string of the molecule is Brc1ccncc1.C1CC(CC2CCNCC2)C1.C=C1CCC1.CC(=O)O.CC1CCCO1.Cl.[B].c1cc(CC2CCC2)ccn1. The van der Waals surface area contributed by atoms with Crippen LogP contribution in [0.4, 0.5) is 0 Å². The highest BCUT2D eigenvalue weighted by atomic mass is 79.9. The minimum atomic E-state index is -0.833. The maximum absolute atomic E-state index is 9.00. The molecule has 7 rings (SSSR count). The van der Waals surface area contributed by atoms with Crippen LogP contribution in [0.25, 0.3) is 0 Å². The molecule has 2 aromatic rings. The molecule has 6 nitrogen and oxygen atoms in total. The number of rotatable bonds is 4. The molecule has 1 atom stereocenters. The van der Waals surface area contributed by atoms with E-state index in [0.29, 0.717) is 6.10 Å². The first-order valence-electron chi connectivity index (χ1n) is 16.9. The van der Waals surface area contributed by atoms with Crippen molar-refractivity contribution in [3.8, 4) is 0 Å². The molecule has 5 fully saturated rings. The van der Waals surface area contributed by atoms with Crippen LogP contribution in [0.1, 0.15) is 109 Å². The average molecular weight is 720 g/mol. The van der Waals surface area contributed by atoms with Gasteiger partial charge in [-0.2, -0.15) is 0 Å². The van der Waals surface area contributed by atoms with Gasteiger partial charge in [0.15, 0.2) is 0 Å². The number of piperidine rings is 1. The number of pyridine rings is 2. The molecule has 0 amide bonds. The van der Waals surface area contributed by atoms with E-state index in [0.717, 1.165) is 35.8 Å². The van der Waals surface area contributed by atoms with Crippen molar-refractivity contribution in [1.29, 1.82) is 0 Å². The Morgan fingerprint density at radius 2 is 1.35 bits per heavy atom. The third kappa shape index (κ3) is 23.6. The van der Waals surface area contributed by atoms with Crippen LogP contribution < -0.4 is 5.32 Å². The topological polar surface area (TPSA) is 84.3 Å². The Bertz CT molecular complexity index is 991. The fraction of sp³-hybridized carbons (Fsp3) is 0.649. The summed E-state index contributed by atoms with van der Waals surface area (Å²) in [5, 5.41) is 10.8. The molecule has 0 spiro atoms. The Morgan fingerprint density at radius 1 is 0.870 bits per heavy atom. The summed E-state index contributed by atoms with van der Waals surface area (Å²) in [7, 11) is 0. The number of aromatic nitrogens is 2. The monoisotopic (exact) mass is 718 g/mol. The lowest BCUT2D eigenvalue weighted by Crippen LogP contribution is -2.29. The molecule has 4 heterocycles. The molecule has 1 unspecified atom stereocenters. The molecule has 2 aliphatic heterocycles. The molecule has 2 aromatic heterocycles. The van der Waals surface area contributed by atoms with Crippen LogP contribution in [-0.2, 0) is 16.0 Å². The quantitative estimate of drug-likeness (QED) is 0.242. The van der Waals surface area contributed by atoms with Gasteiger partial charge in [-0.15, -0.1) is 12.4 Å². The van der Waals surface area contributed by atoms with Gasteiger partial charge in [-0.25, -0.2) is 0 Å². The highest BCUT2D eigenvalue weighted by molar-refractivity contribution is 9.10. The number of aliphatic carboxylic acids is 1. The van der Waals surface area contributed by atoms with Crippen molar-refractivity contribution in [2.24, 2.45) is 17.8 Å².